The zero-order valence-corrected chi connectivity index (χ0v) is 10.1. The lowest BCUT2D eigenvalue weighted by Crippen LogP contribution is -2.24. The molecule has 0 saturated carbocycles. The molecule has 4 nitrogen and oxygen atoms in total. The first-order chi connectivity index (χ1) is 7.11. The first-order valence-electron chi connectivity index (χ1n) is 4.51. The highest BCUT2D eigenvalue weighted by Crippen LogP contribution is 2.22. The Morgan fingerprint density at radius 3 is 2.93 bits per heavy atom. The summed E-state index contributed by atoms with van der Waals surface area (Å²) in [5.74, 6) is 0.256. The summed E-state index contributed by atoms with van der Waals surface area (Å²) in [7, 11) is 1.98. The van der Waals surface area contributed by atoms with E-state index in [0.717, 1.165) is 17.4 Å². The molecule has 6 heteroatoms. The van der Waals surface area contributed by atoms with Gasteiger partial charge < -0.3 is 15.8 Å². The standard InChI is InChI=1S/C9H14ClN3OS/c1-13(5-4-9(11)12-14)6-7-2-3-8(10)15-7/h2-3,14H,4-6H2,1H3,(H2,11,12). The van der Waals surface area contributed by atoms with Crippen LogP contribution >= 0.6 is 22.9 Å². The van der Waals surface area contributed by atoms with Gasteiger partial charge in [-0.2, -0.15) is 0 Å². The van der Waals surface area contributed by atoms with Crippen LogP contribution in [0.25, 0.3) is 0 Å². The van der Waals surface area contributed by atoms with E-state index in [1.54, 1.807) is 11.3 Å². The van der Waals surface area contributed by atoms with Crippen LogP contribution < -0.4 is 5.73 Å². The predicted octanol–water partition coefficient (Wildman–Crippen LogP) is 1.97. The minimum atomic E-state index is 0.256. The Labute approximate surface area is 97.9 Å². The number of amidine groups is 1. The third-order valence-electron chi connectivity index (χ3n) is 1.93. The summed E-state index contributed by atoms with van der Waals surface area (Å²) in [5, 5.41) is 11.3. The van der Waals surface area contributed by atoms with Gasteiger partial charge in [0.25, 0.3) is 0 Å². The third kappa shape index (κ3) is 4.51. The first-order valence-corrected chi connectivity index (χ1v) is 5.70. The number of hydrogen-bond donors (Lipinski definition) is 2. The smallest absolute Gasteiger partial charge is 0.140 e. The van der Waals surface area contributed by atoms with Crippen LogP contribution in [0.2, 0.25) is 4.34 Å². The lowest BCUT2D eigenvalue weighted by Gasteiger charge is -2.14. The van der Waals surface area contributed by atoms with Crippen LogP contribution in [0.15, 0.2) is 17.3 Å². The van der Waals surface area contributed by atoms with Crippen molar-refractivity contribution in [1.82, 2.24) is 4.90 Å². The van der Waals surface area contributed by atoms with E-state index >= 15 is 0 Å². The van der Waals surface area contributed by atoms with Crippen molar-refractivity contribution in [3.8, 4) is 0 Å². The molecule has 0 aliphatic heterocycles. The Kier molecular flexibility index (Phi) is 4.87. The highest BCUT2D eigenvalue weighted by atomic mass is 35.5. The van der Waals surface area contributed by atoms with Gasteiger partial charge in [0.05, 0.1) is 4.34 Å². The van der Waals surface area contributed by atoms with Crippen LogP contribution in [0.4, 0.5) is 0 Å². The highest BCUT2D eigenvalue weighted by Gasteiger charge is 2.04. The van der Waals surface area contributed by atoms with Gasteiger partial charge in [0.1, 0.15) is 5.84 Å². The van der Waals surface area contributed by atoms with Crippen LogP contribution in [-0.2, 0) is 6.54 Å². The molecular formula is C9H14ClN3OS. The first kappa shape index (κ1) is 12.3. The Balaban J connectivity index is 2.33. The number of halogens is 1. The Hall–Kier alpha value is -0.780. The van der Waals surface area contributed by atoms with E-state index in [1.165, 1.54) is 4.88 Å². The molecule has 0 aromatic carbocycles. The number of thiophene rings is 1. The zero-order valence-electron chi connectivity index (χ0n) is 8.48. The van der Waals surface area contributed by atoms with Gasteiger partial charge in [-0.05, 0) is 19.2 Å². The van der Waals surface area contributed by atoms with Crippen LogP contribution in [0, 0.1) is 0 Å². The summed E-state index contributed by atoms with van der Waals surface area (Å²) in [6.07, 6.45) is 0.562. The fourth-order valence-corrected chi connectivity index (χ4v) is 2.31. The minimum absolute atomic E-state index is 0.256. The summed E-state index contributed by atoms with van der Waals surface area (Å²) in [5.41, 5.74) is 5.37. The van der Waals surface area contributed by atoms with Gasteiger partial charge in [-0.3, -0.25) is 0 Å². The van der Waals surface area contributed by atoms with Crippen molar-refractivity contribution in [2.75, 3.05) is 13.6 Å². The van der Waals surface area contributed by atoms with Gasteiger partial charge in [-0.1, -0.05) is 16.8 Å². The molecule has 0 spiro atoms. The average molecular weight is 248 g/mol. The summed E-state index contributed by atoms with van der Waals surface area (Å²) in [6, 6.07) is 3.89. The van der Waals surface area contributed by atoms with E-state index < -0.39 is 0 Å². The number of oxime groups is 1. The molecule has 3 N–H and O–H groups in total. The van der Waals surface area contributed by atoms with E-state index in [2.05, 4.69) is 10.1 Å². The second-order valence-electron chi connectivity index (χ2n) is 3.28. The maximum absolute atomic E-state index is 8.37. The van der Waals surface area contributed by atoms with Gasteiger partial charge >= 0.3 is 0 Å². The second kappa shape index (κ2) is 5.95. The maximum atomic E-state index is 8.37. The Morgan fingerprint density at radius 2 is 2.40 bits per heavy atom. The SMILES string of the molecule is CN(CC/C(N)=N/O)Cc1ccc(Cl)s1. The van der Waals surface area contributed by atoms with Crippen molar-refractivity contribution in [1.29, 1.82) is 0 Å². The normalized spacial score (nSPS) is 12.3. The van der Waals surface area contributed by atoms with Crippen molar-refractivity contribution in [3.63, 3.8) is 0 Å². The number of hydrogen-bond acceptors (Lipinski definition) is 4. The topological polar surface area (TPSA) is 61.8 Å². The largest absolute Gasteiger partial charge is 0.409 e. The number of nitrogens with zero attached hydrogens (tertiary/aromatic N) is 2. The van der Waals surface area contributed by atoms with Crippen molar-refractivity contribution >= 4 is 28.8 Å². The van der Waals surface area contributed by atoms with Gasteiger partial charge in [0, 0.05) is 24.4 Å². The molecule has 0 radical (unpaired) electrons. The average Bonchev–Trinajstić information content (AvgIpc) is 2.60. The highest BCUT2D eigenvalue weighted by molar-refractivity contribution is 7.16. The number of nitrogens with two attached hydrogens (primary N) is 1. The molecule has 0 saturated heterocycles. The van der Waals surface area contributed by atoms with E-state index in [0.29, 0.717) is 6.42 Å². The summed E-state index contributed by atoms with van der Waals surface area (Å²) in [6.45, 7) is 1.58. The Morgan fingerprint density at radius 1 is 1.67 bits per heavy atom. The molecular weight excluding hydrogens is 234 g/mol. The lowest BCUT2D eigenvalue weighted by atomic mass is 10.3. The molecule has 0 atom stereocenters. The van der Waals surface area contributed by atoms with Gasteiger partial charge in [0.15, 0.2) is 0 Å². The van der Waals surface area contributed by atoms with Crippen LogP contribution in [0.5, 0.6) is 0 Å². The van der Waals surface area contributed by atoms with Crippen LogP contribution in [-0.4, -0.2) is 29.5 Å². The molecule has 0 amide bonds. The van der Waals surface area contributed by atoms with Crippen molar-refractivity contribution < 1.29 is 5.21 Å². The van der Waals surface area contributed by atoms with Gasteiger partial charge in [-0.25, -0.2) is 0 Å². The maximum Gasteiger partial charge on any atom is 0.140 e. The predicted molar refractivity (Wildman–Crippen MR) is 63.7 cm³/mol. The third-order valence-corrected chi connectivity index (χ3v) is 3.15. The molecule has 1 aromatic heterocycles. The fraction of sp³-hybridized carbons (Fsp3) is 0.444. The molecule has 15 heavy (non-hydrogen) atoms. The molecule has 0 fully saturated rings. The van der Waals surface area contributed by atoms with E-state index in [1.807, 2.05) is 19.2 Å². The van der Waals surface area contributed by atoms with E-state index in [-0.39, 0.29) is 5.84 Å². The molecule has 0 bridgehead atoms. The molecule has 1 heterocycles. The summed E-state index contributed by atoms with van der Waals surface area (Å²) < 4.78 is 0.801. The van der Waals surface area contributed by atoms with Crippen LogP contribution in [0.3, 0.4) is 0 Å². The molecule has 1 rings (SSSR count). The molecule has 0 aliphatic carbocycles. The molecule has 0 aliphatic rings. The zero-order chi connectivity index (χ0) is 11.3. The summed E-state index contributed by atoms with van der Waals surface area (Å²) in [4.78, 5) is 3.31. The fourth-order valence-electron chi connectivity index (χ4n) is 1.14. The monoisotopic (exact) mass is 247 g/mol. The minimum Gasteiger partial charge on any atom is -0.409 e. The Bertz CT molecular complexity index is 340. The molecule has 0 unspecified atom stereocenters. The van der Waals surface area contributed by atoms with Crippen molar-refractivity contribution in [2.24, 2.45) is 10.9 Å². The van der Waals surface area contributed by atoms with E-state index in [9.17, 15) is 0 Å². The van der Waals surface area contributed by atoms with Crippen LogP contribution in [0.1, 0.15) is 11.3 Å². The van der Waals surface area contributed by atoms with E-state index in [4.69, 9.17) is 22.5 Å². The molecule has 84 valence electrons. The summed E-state index contributed by atoms with van der Waals surface area (Å²) >= 11 is 7.39. The van der Waals surface area contributed by atoms with Crippen molar-refractivity contribution in [3.05, 3.63) is 21.3 Å². The lowest BCUT2D eigenvalue weighted by molar-refractivity contribution is 0.310. The quantitative estimate of drug-likeness (QED) is 0.362. The second-order valence-corrected chi connectivity index (χ2v) is 5.08. The van der Waals surface area contributed by atoms with Gasteiger partial charge in [0.2, 0.25) is 0 Å². The van der Waals surface area contributed by atoms with Gasteiger partial charge in [-0.15, -0.1) is 11.3 Å². The van der Waals surface area contributed by atoms with Crippen molar-refractivity contribution in [2.45, 2.75) is 13.0 Å². The number of rotatable bonds is 5. The molecule has 1 aromatic rings.